The predicted octanol–water partition coefficient (Wildman–Crippen LogP) is 4.01. The molecule has 3 saturated carbocycles. The molecule has 11 rings (SSSR count). The molecule has 33 atom stereocenters. The van der Waals surface area contributed by atoms with E-state index in [0.717, 1.165) is 32.1 Å². The summed E-state index contributed by atoms with van der Waals surface area (Å²) in [5, 5.41) is 58.1. The van der Waals surface area contributed by atoms with Crippen molar-refractivity contribution in [1.82, 2.24) is 0 Å². The number of ether oxygens (including phenoxy) is 17. The number of hydrogen-bond acceptors (Lipinski definition) is 24. The third-order valence-corrected chi connectivity index (χ3v) is 22.2. The van der Waals surface area contributed by atoms with Crippen molar-refractivity contribution in [1.29, 1.82) is 0 Å². The minimum Gasteiger partial charge on any atom is -0.393 e. The molecule has 10 fully saturated rings. The normalized spacial score (nSPS) is 53.8. The highest BCUT2D eigenvalue weighted by atomic mass is 17.2. The summed E-state index contributed by atoms with van der Waals surface area (Å²) in [6, 6.07) is 0. The quantitative estimate of drug-likeness (QED) is 0.108. The molecule has 1 spiro atoms. The van der Waals surface area contributed by atoms with Crippen molar-refractivity contribution < 1.29 is 116 Å². The Balaban J connectivity index is 0.644. The third kappa shape index (κ3) is 12.5. The van der Waals surface area contributed by atoms with E-state index in [0.29, 0.717) is 38.0 Å². The molecule has 7 aliphatic heterocycles. The lowest BCUT2D eigenvalue weighted by Gasteiger charge is -2.58. The molecule has 24 nitrogen and oxygen atoms in total. The maximum Gasteiger partial charge on any atom is 0.228 e. The van der Waals surface area contributed by atoms with Crippen molar-refractivity contribution in [2.24, 2.45) is 23.2 Å². The number of fused-ring (bicyclic) bond motifs is 6. The van der Waals surface area contributed by atoms with Gasteiger partial charge in [0.2, 0.25) is 5.79 Å². The second-order valence-corrected chi connectivity index (χ2v) is 27.2. The van der Waals surface area contributed by atoms with Crippen LogP contribution in [0.4, 0.5) is 0 Å². The average molecular weight is 1230 g/mol. The summed E-state index contributed by atoms with van der Waals surface area (Å²) in [4.78, 5) is 12.3. The van der Waals surface area contributed by atoms with Gasteiger partial charge in [-0.3, -0.25) is 0 Å². The van der Waals surface area contributed by atoms with Crippen molar-refractivity contribution in [2.45, 2.75) is 315 Å². The molecular formula is C62H102O24. The van der Waals surface area contributed by atoms with Gasteiger partial charge in [0.15, 0.2) is 31.5 Å². The van der Waals surface area contributed by atoms with Crippen molar-refractivity contribution in [3.63, 3.8) is 0 Å². The molecule has 0 aromatic heterocycles. The summed E-state index contributed by atoms with van der Waals surface area (Å²) < 4.78 is 107. The second kappa shape index (κ2) is 26.6. The molecule has 7 saturated heterocycles. The number of rotatable bonds is 16. The Morgan fingerprint density at radius 3 is 1.81 bits per heavy atom. The van der Waals surface area contributed by atoms with Gasteiger partial charge < -0.3 is 106 Å². The minimum atomic E-state index is -1.48. The topological polar surface area (TPSA) is 277 Å². The lowest BCUT2D eigenvalue weighted by Crippen LogP contribution is -2.65. The molecule has 24 heteroatoms. The fourth-order valence-electron chi connectivity index (χ4n) is 17.4. The van der Waals surface area contributed by atoms with Crippen LogP contribution in [-0.4, -0.2) is 244 Å². The fraction of sp³-hybridized carbons (Fsp3) is 0.968. The summed E-state index contributed by atoms with van der Waals surface area (Å²) in [5.41, 5.74) is -1.40. The maximum absolute atomic E-state index is 12.6. The molecular weight excluding hydrogens is 1130 g/mol. The molecule has 11 aliphatic rings. The average Bonchev–Trinajstić information content (AvgIpc) is 1.48. The largest absolute Gasteiger partial charge is 0.393 e. The van der Waals surface area contributed by atoms with Crippen molar-refractivity contribution in [3.05, 3.63) is 11.6 Å². The molecule has 0 aromatic carbocycles. The van der Waals surface area contributed by atoms with Crippen LogP contribution in [0.5, 0.6) is 0 Å². The number of aliphatic hydroxyl groups excluding tert-OH is 3. The van der Waals surface area contributed by atoms with Crippen molar-refractivity contribution in [2.75, 3.05) is 42.2 Å². The Morgan fingerprint density at radius 1 is 0.581 bits per heavy atom. The molecule has 0 aromatic rings. The van der Waals surface area contributed by atoms with Crippen LogP contribution in [-0.2, 0) is 90.3 Å². The molecule has 494 valence electrons. The zero-order chi connectivity index (χ0) is 61.4. The first-order valence-corrected chi connectivity index (χ1v) is 32.0. The Bertz CT molecular complexity index is 2260. The van der Waals surface area contributed by atoms with Gasteiger partial charge in [-0.1, -0.05) is 18.6 Å². The van der Waals surface area contributed by atoms with E-state index in [1.165, 1.54) is 19.8 Å². The zero-order valence-electron chi connectivity index (χ0n) is 52.7. The smallest absolute Gasteiger partial charge is 0.228 e. The van der Waals surface area contributed by atoms with Gasteiger partial charge in [-0.25, -0.2) is 4.89 Å². The van der Waals surface area contributed by atoms with E-state index in [-0.39, 0.29) is 49.2 Å². The predicted molar refractivity (Wildman–Crippen MR) is 299 cm³/mol. The molecule has 86 heavy (non-hydrogen) atoms. The number of hydrogen-bond donors (Lipinski definition) is 5. The Labute approximate surface area is 506 Å². The van der Waals surface area contributed by atoms with Crippen LogP contribution in [0.3, 0.4) is 0 Å². The van der Waals surface area contributed by atoms with Gasteiger partial charge in [-0.05, 0) is 123 Å². The van der Waals surface area contributed by atoms with Gasteiger partial charge in [0, 0.05) is 67.7 Å². The van der Waals surface area contributed by atoms with Crippen LogP contribution in [0.2, 0.25) is 0 Å². The Hall–Kier alpha value is -1.22. The van der Waals surface area contributed by atoms with E-state index in [1.54, 1.807) is 28.3 Å². The van der Waals surface area contributed by atoms with E-state index in [2.05, 4.69) is 13.0 Å². The first-order valence-electron chi connectivity index (χ1n) is 32.0. The molecule has 0 bridgehead atoms. The van der Waals surface area contributed by atoms with Gasteiger partial charge in [0.25, 0.3) is 0 Å². The van der Waals surface area contributed by atoms with E-state index < -0.39 is 171 Å². The van der Waals surface area contributed by atoms with E-state index in [4.69, 9.17) is 90.3 Å². The molecule has 33 unspecified atom stereocenters. The van der Waals surface area contributed by atoms with E-state index >= 15 is 0 Å². The molecule has 4 aliphatic carbocycles. The lowest BCUT2D eigenvalue weighted by molar-refractivity contribution is -0.472. The monoisotopic (exact) mass is 1230 g/mol. The highest BCUT2D eigenvalue weighted by Crippen LogP contribution is 2.65. The van der Waals surface area contributed by atoms with Crippen LogP contribution in [0, 0.1) is 23.2 Å². The van der Waals surface area contributed by atoms with Crippen LogP contribution in [0.25, 0.3) is 0 Å². The highest BCUT2D eigenvalue weighted by molar-refractivity contribution is 5.27. The molecule has 5 N–H and O–H groups in total. The van der Waals surface area contributed by atoms with Crippen LogP contribution >= 0.6 is 0 Å². The van der Waals surface area contributed by atoms with Crippen molar-refractivity contribution in [3.8, 4) is 0 Å². The summed E-state index contributed by atoms with van der Waals surface area (Å²) in [6.07, 6.45) is -7.43. The standard InChI is InChI=1S/C62H102O24/c1-29-50(65)56(71-12)57(72-13)58(78-29)83-53-32(4)76-49(25-43(53)69-10)82-52-31(3)75-48(24-42(52)68-9)80-51-30(2)74-46(23-41(51)64)81-54-34(6)84-60(27-45(54)70-11)28-73-44-26-47(77-33(5)55(44)85-86-60)79-35(7)61(66)20-18-40-38-15-14-36-22-37(63)16-19-59(36,8)39(38)17-21-62(40,61)67/h14,29-35,37-58,63-67H,15-28H2,1-13H3. The lowest BCUT2D eigenvalue weighted by atomic mass is 9.49. The summed E-state index contributed by atoms with van der Waals surface area (Å²) in [5.74, 6) is -0.778. The highest BCUT2D eigenvalue weighted by Gasteiger charge is 2.68. The van der Waals surface area contributed by atoms with Crippen molar-refractivity contribution >= 4 is 0 Å². The molecule has 0 radical (unpaired) electrons. The van der Waals surface area contributed by atoms with E-state index in [1.807, 2.05) is 41.5 Å². The van der Waals surface area contributed by atoms with Gasteiger partial charge in [-0.15, -0.1) is 0 Å². The molecule has 0 amide bonds. The minimum absolute atomic E-state index is 0.00298. The van der Waals surface area contributed by atoms with Gasteiger partial charge in [0.1, 0.15) is 61.0 Å². The first-order chi connectivity index (χ1) is 41.0. The fourth-order valence-corrected chi connectivity index (χ4v) is 17.4. The second-order valence-electron chi connectivity index (χ2n) is 27.2. The van der Waals surface area contributed by atoms with Gasteiger partial charge in [0.05, 0.1) is 85.0 Å². The maximum atomic E-state index is 12.6. The summed E-state index contributed by atoms with van der Waals surface area (Å²) >= 11 is 0. The summed E-state index contributed by atoms with van der Waals surface area (Å²) in [6.45, 7) is 15.3. The van der Waals surface area contributed by atoms with Gasteiger partial charge >= 0.3 is 0 Å². The Kier molecular flexibility index (Phi) is 20.5. The van der Waals surface area contributed by atoms with Crippen LogP contribution < -0.4 is 0 Å². The Morgan fingerprint density at radius 2 is 1.17 bits per heavy atom. The molecule has 7 heterocycles. The number of aliphatic hydroxyl groups is 5. The number of methoxy groups -OCH3 is 5. The SMILES string of the molecule is COC1CC(OC2C(O)CC(OC3C(C)OC4(COC5CC(OC(C)C6(O)CCC7C8CC=C9CC(O)CCC9(C)C8CCC76O)OC(C)C5OO4)CC3OC)OC2C)OC(C)C1OC1CC(OC)C(OC2OC(C)C(O)C(OC)C2OC)C(C)O1. The first kappa shape index (κ1) is 66.2. The summed E-state index contributed by atoms with van der Waals surface area (Å²) in [7, 11) is 7.83. The van der Waals surface area contributed by atoms with Crippen LogP contribution in [0.1, 0.15) is 139 Å². The number of allylic oxidation sites excluding steroid dienone is 1. The zero-order valence-corrected chi connectivity index (χ0v) is 52.7. The van der Waals surface area contributed by atoms with E-state index in [9.17, 15) is 25.5 Å². The van der Waals surface area contributed by atoms with Gasteiger partial charge in [-0.2, -0.15) is 4.89 Å². The van der Waals surface area contributed by atoms with Crippen LogP contribution in [0.15, 0.2) is 11.6 Å². The third-order valence-electron chi connectivity index (χ3n) is 22.2.